The van der Waals surface area contributed by atoms with Crippen LogP contribution in [0.25, 0.3) is 0 Å². The molecule has 1 heterocycles. The third-order valence-electron chi connectivity index (χ3n) is 5.68. The van der Waals surface area contributed by atoms with Gasteiger partial charge in [0.05, 0.1) is 0 Å². The lowest BCUT2D eigenvalue weighted by atomic mass is 9.77. The lowest BCUT2D eigenvalue weighted by Gasteiger charge is -2.44. The van der Waals surface area contributed by atoms with Gasteiger partial charge in [-0.1, -0.05) is 39.5 Å². The van der Waals surface area contributed by atoms with Crippen LogP contribution in [0, 0.1) is 5.41 Å². The van der Waals surface area contributed by atoms with Crippen LogP contribution in [0.1, 0.15) is 65.2 Å². The molecule has 106 valence electrons. The normalized spacial score (nSPS) is 34.2. The molecule has 2 aliphatic rings. The molecule has 2 atom stereocenters. The van der Waals surface area contributed by atoms with Crippen LogP contribution in [0.4, 0.5) is 0 Å². The van der Waals surface area contributed by atoms with Gasteiger partial charge in [-0.05, 0) is 51.2 Å². The molecule has 0 amide bonds. The highest BCUT2D eigenvalue weighted by Gasteiger charge is 2.34. The van der Waals surface area contributed by atoms with E-state index in [0.29, 0.717) is 5.41 Å². The number of rotatable bonds is 3. The summed E-state index contributed by atoms with van der Waals surface area (Å²) in [5.41, 5.74) is 0.621. The van der Waals surface area contributed by atoms with Crippen molar-refractivity contribution in [2.24, 2.45) is 5.41 Å². The van der Waals surface area contributed by atoms with E-state index in [-0.39, 0.29) is 0 Å². The van der Waals surface area contributed by atoms with Gasteiger partial charge in [-0.3, -0.25) is 4.90 Å². The number of hydrogen-bond acceptors (Lipinski definition) is 2. The van der Waals surface area contributed by atoms with Gasteiger partial charge in [-0.25, -0.2) is 0 Å². The van der Waals surface area contributed by atoms with Crippen LogP contribution in [-0.2, 0) is 0 Å². The van der Waals surface area contributed by atoms with Crippen molar-refractivity contribution in [3.8, 4) is 0 Å². The number of likely N-dealkylation sites (N-methyl/N-ethyl adjacent to an activating group) is 1. The van der Waals surface area contributed by atoms with E-state index in [9.17, 15) is 0 Å². The topological polar surface area (TPSA) is 15.3 Å². The minimum Gasteiger partial charge on any atom is -0.315 e. The first-order valence-electron chi connectivity index (χ1n) is 8.10. The summed E-state index contributed by atoms with van der Waals surface area (Å²) in [7, 11) is 2.16. The average Bonchev–Trinajstić information content (AvgIpc) is 2.65. The number of nitrogens with zero attached hydrogens (tertiary/aromatic N) is 1. The zero-order chi connectivity index (χ0) is 13.0. The Hall–Kier alpha value is -0.0800. The maximum atomic E-state index is 3.58. The molecule has 1 aliphatic heterocycles. The summed E-state index contributed by atoms with van der Waals surface area (Å²) in [5.74, 6) is 0. The number of likely N-dealkylation sites (tertiary alicyclic amines) is 1. The molecule has 1 N–H and O–H groups in total. The third-order valence-corrected chi connectivity index (χ3v) is 5.68. The predicted molar refractivity (Wildman–Crippen MR) is 78.9 cm³/mol. The van der Waals surface area contributed by atoms with Crippen LogP contribution in [0.5, 0.6) is 0 Å². The van der Waals surface area contributed by atoms with Gasteiger partial charge < -0.3 is 5.32 Å². The average molecular weight is 252 g/mol. The van der Waals surface area contributed by atoms with Gasteiger partial charge in [-0.2, -0.15) is 0 Å². The molecule has 2 nitrogen and oxygen atoms in total. The summed E-state index contributed by atoms with van der Waals surface area (Å²) < 4.78 is 0. The van der Waals surface area contributed by atoms with E-state index in [4.69, 9.17) is 0 Å². The standard InChI is InChI=1S/C16H32N2/c1-4-16(2)10-12-18(13-11-16)15-9-7-5-6-8-14(15)17-3/h14-15,17H,4-13H2,1-3H3. The molecule has 0 aromatic carbocycles. The van der Waals surface area contributed by atoms with Crippen molar-refractivity contribution in [1.82, 2.24) is 10.2 Å². The smallest absolute Gasteiger partial charge is 0.0249 e. The first kappa shape index (κ1) is 14.3. The minimum absolute atomic E-state index is 0.621. The van der Waals surface area contributed by atoms with Gasteiger partial charge in [0, 0.05) is 12.1 Å². The van der Waals surface area contributed by atoms with Crippen LogP contribution in [0.2, 0.25) is 0 Å². The molecule has 0 aromatic rings. The van der Waals surface area contributed by atoms with Gasteiger partial charge in [0.1, 0.15) is 0 Å². The predicted octanol–water partition coefficient (Wildman–Crippen LogP) is 3.42. The molecule has 2 fully saturated rings. The summed E-state index contributed by atoms with van der Waals surface area (Å²) >= 11 is 0. The van der Waals surface area contributed by atoms with E-state index in [1.807, 2.05) is 0 Å². The van der Waals surface area contributed by atoms with Crippen molar-refractivity contribution in [1.29, 1.82) is 0 Å². The Morgan fingerprint density at radius 2 is 1.78 bits per heavy atom. The second-order valence-electron chi connectivity index (χ2n) is 6.80. The van der Waals surface area contributed by atoms with Gasteiger partial charge >= 0.3 is 0 Å². The molecule has 1 saturated carbocycles. The zero-order valence-electron chi connectivity index (χ0n) is 12.7. The number of hydrogen-bond donors (Lipinski definition) is 1. The van der Waals surface area contributed by atoms with Crippen LogP contribution < -0.4 is 5.32 Å². The van der Waals surface area contributed by atoms with E-state index in [1.54, 1.807) is 0 Å². The molecule has 18 heavy (non-hydrogen) atoms. The van der Waals surface area contributed by atoms with Crippen LogP contribution in [0.3, 0.4) is 0 Å². The van der Waals surface area contributed by atoms with Crippen molar-refractivity contribution < 1.29 is 0 Å². The first-order valence-corrected chi connectivity index (χ1v) is 8.10. The van der Waals surface area contributed by atoms with Gasteiger partial charge in [0.25, 0.3) is 0 Å². The summed E-state index contributed by atoms with van der Waals surface area (Å²) in [5, 5.41) is 3.58. The Morgan fingerprint density at radius 1 is 1.11 bits per heavy atom. The molecule has 0 radical (unpaired) electrons. The van der Waals surface area contributed by atoms with Gasteiger partial charge in [0.15, 0.2) is 0 Å². The monoisotopic (exact) mass is 252 g/mol. The molecular formula is C16H32N2. The maximum Gasteiger partial charge on any atom is 0.0249 e. The summed E-state index contributed by atoms with van der Waals surface area (Å²) in [6, 6.07) is 1.54. The van der Waals surface area contributed by atoms with E-state index >= 15 is 0 Å². The molecule has 0 bridgehead atoms. The Kier molecular flexibility index (Phi) is 5.08. The fourth-order valence-corrected chi connectivity index (χ4v) is 3.81. The molecule has 0 spiro atoms. The molecular weight excluding hydrogens is 220 g/mol. The minimum atomic E-state index is 0.621. The zero-order valence-corrected chi connectivity index (χ0v) is 12.7. The SMILES string of the molecule is CCC1(C)CCN(C2CCCCCC2NC)CC1. The van der Waals surface area contributed by atoms with Gasteiger partial charge in [-0.15, -0.1) is 0 Å². The molecule has 1 aliphatic carbocycles. The maximum absolute atomic E-state index is 3.58. The largest absolute Gasteiger partial charge is 0.315 e. The first-order chi connectivity index (χ1) is 8.68. The Morgan fingerprint density at radius 3 is 2.39 bits per heavy atom. The van der Waals surface area contributed by atoms with Gasteiger partial charge in [0.2, 0.25) is 0 Å². The Bertz CT molecular complexity index is 243. The second kappa shape index (κ2) is 6.38. The highest BCUT2D eigenvalue weighted by Crippen LogP contribution is 2.36. The molecule has 1 saturated heterocycles. The van der Waals surface area contributed by atoms with Crippen molar-refractivity contribution in [2.45, 2.75) is 77.3 Å². The lowest BCUT2D eigenvalue weighted by molar-refractivity contribution is 0.0628. The quantitative estimate of drug-likeness (QED) is 0.774. The van der Waals surface area contributed by atoms with Crippen molar-refractivity contribution in [2.75, 3.05) is 20.1 Å². The molecule has 0 aromatic heterocycles. The highest BCUT2D eigenvalue weighted by atomic mass is 15.2. The fraction of sp³-hybridized carbons (Fsp3) is 1.00. The van der Waals surface area contributed by atoms with Crippen molar-refractivity contribution in [3.05, 3.63) is 0 Å². The Balaban J connectivity index is 1.94. The van der Waals surface area contributed by atoms with E-state index in [2.05, 4.69) is 31.1 Å². The van der Waals surface area contributed by atoms with E-state index in [0.717, 1.165) is 12.1 Å². The molecule has 2 rings (SSSR count). The lowest BCUT2D eigenvalue weighted by Crippen LogP contribution is -2.52. The molecule has 2 unspecified atom stereocenters. The Labute approximate surface area is 114 Å². The summed E-state index contributed by atoms with van der Waals surface area (Å²) in [6.45, 7) is 7.49. The van der Waals surface area contributed by atoms with E-state index < -0.39 is 0 Å². The summed E-state index contributed by atoms with van der Waals surface area (Å²) in [6.07, 6.45) is 11.2. The number of nitrogens with one attached hydrogen (secondary N) is 1. The highest BCUT2D eigenvalue weighted by molar-refractivity contribution is 4.90. The fourth-order valence-electron chi connectivity index (χ4n) is 3.81. The van der Waals surface area contributed by atoms with Crippen LogP contribution in [0.15, 0.2) is 0 Å². The van der Waals surface area contributed by atoms with E-state index in [1.165, 1.54) is 64.5 Å². The van der Waals surface area contributed by atoms with Crippen LogP contribution >= 0.6 is 0 Å². The number of piperidine rings is 1. The third kappa shape index (κ3) is 3.27. The van der Waals surface area contributed by atoms with Crippen molar-refractivity contribution >= 4 is 0 Å². The molecule has 2 heteroatoms. The van der Waals surface area contributed by atoms with Crippen LogP contribution in [-0.4, -0.2) is 37.1 Å². The summed E-state index contributed by atoms with van der Waals surface area (Å²) in [4.78, 5) is 2.80. The second-order valence-corrected chi connectivity index (χ2v) is 6.80. The van der Waals surface area contributed by atoms with Crippen molar-refractivity contribution in [3.63, 3.8) is 0 Å².